The summed E-state index contributed by atoms with van der Waals surface area (Å²) < 4.78 is 5.55. The summed E-state index contributed by atoms with van der Waals surface area (Å²) in [6.45, 7) is 1.42. The molecule has 2 fully saturated rings. The van der Waals surface area contributed by atoms with Gasteiger partial charge in [-0.3, -0.25) is 4.79 Å². The number of rotatable bonds is 2. The number of ether oxygens (including phenoxy) is 1. The normalized spacial score (nSPS) is 27.4. The van der Waals surface area contributed by atoms with E-state index in [0.29, 0.717) is 25.6 Å². The third kappa shape index (κ3) is 1.66. The minimum absolute atomic E-state index is 0.0928. The lowest BCUT2D eigenvalue weighted by Crippen LogP contribution is -2.65. The molecule has 1 aromatic carbocycles. The van der Waals surface area contributed by atoms with E-state index in [9.17, 15) is 9.90 Å². The van der Waals surface area contributed by atoms with E-state index in [0.717, 1.165) is 24.2 Å². The highest BCUT2D eigenvalue weighted by atomic mass is 16.5. The van der Waals surface area contributed by atoms with Gasteiger partial charge in [-0.1, -0.05) is 18.2 Å². The molecule has 4 heteroatoms. The first kappa shape index (κ1) is 11.3. The highest BCUT2D eigenvalue weighted by Gasteiger charge is 2.54. The molecule has 1 unspecified atom stereocenters. The van der Waals surface area contributed by atoms with Crippen LogP contribution in [-0.2, 0) is 4.79 Å². The Balaban J connectivity index is 1.48. The van der Waals surface area contributed by atoms with Gasteiger partial charge >= 0.3 is 0 Å². The van der Waals surface area contributed by atoms with E-state index in [1.54, 1.807) is 4.90 Å². The van der Waals surface area contributed by atoms with Crippen LogP contribution in [0.15, 0.2) is 24.3 Å². The quantitative estimate of drug-likeness (QED) is 0.866. The van der Waals surface area contributed by atoms with E-state index in [2.05, 4.69) is 0 Å². The number of likely N-dealkylation sites (tertiary alicyclic amines) is 1. The predicted octanol–water partition coefficient (Wildman–Crippen LogP) is 1.15. The van der Waals surface area contributed by atoms with Crippen molar-refractivity contribution in [2.24, 2.45) is 5.92 Å². The lowest BCUT2D eigenvalue weighted by molar-refractivity contribution is -0.161. The number of carbonyl (C=O) groups excluding carboxylic acids is 1. The fourth-order valence-electron chi connectivity index (χ4n) is 3.24. The minimum atomic E-state index is -0.603. The van der Waals surface area contributed by atoms with E-state index >= 15 is 0 Å². The first-order valence-electron chi connectivity index (χ1n) is 6.90. The van der Waals surface area contributed by atoms with Crippen molar-refractivity contribution < 1.29 is 14.6 Å². The predicted molar refractivity (Wildman–Crippen MR) is 68.9 cm³/mol. The van der Waals surface area contributed by atoms with Crippen molar-refractivity contribution >= 4 is 5.91 Å². The average molecular weight is 259 g/mol. The molecule has 100 valence electrons. The zero-order chi connectivity index (χ0) is 13.0. The molecule has 1 atom stereocenters. The lowest BCUT2D eigenvalue weighted by Gasteiger charge is -2.47. The van der Waals surface area contributed by atoms with Gasteiger partial charge in [0.2, 0.25) is 5.91 Å². The molecule has 1 saturated heterocycles. The molecule has 0 bridgehead atoms. The highest BCUT2D eigenvalue weighted by molar-refractivity contribution is 5.86. The standard InChI is InChI=1S/C15H17NO3/c17-14(16-8-15(18,9-16)10-5-6-10)12-7-19-13-4-2-1-3-11(12)13/h1-4,10,12,18H,5-9H2. The summed E-state index contributed by atoms with van der Waals surface area (Å²) in [6, 6.07) is 7.71. The summed E-state index contributed by atoms with van der Waals surface area (Å²) in [5.41, 5.74) is 0.378. The molecule has 1 saturated carbocycles. The first-order valence-corrected chi connectivity index (χ1v) is 6.90. The van der Waals surface area contributed by atoms with Crippen LogP contribution in [0.5, 0.6) is 5.75 Å². The second-order valence-electron chi connectivity index (χ2n) is 5.97. The molecule has 1 aliphatic carbocycles. The first-order chi connectivity index (χ1) is 9.17. The summed E-state index contributed by atoms with van der Waals surface area (Å²) in [6.07, 6.45) is 2.21. The summed E-state index contributed by atoms with van der Waals surface area (Å²) in [5, 5.41) is 10.3. The van der Waals surface area contributed by atoms with Crippen molar-refractivity contribution in [1.82, 2.24) is 4.90 Å². The van der Waals surface area contributed by atoms with Crippen LogP contribution in [0.25, 0.3) is 0 Å². The van der Waals surface area contributed by atoms with Crippen molar-refractivity contribution in [3.63, 3.8) is 0 Å². The minimum Gasteiger partial charge on any atom is -0.492 e. The number of hydrogen-bond acceptors (Lipinski definition) is 3. The van der Waals surface area contributed by atoms with E-state index in [-0.39, 0.29) is 11.8 Å². The molecule has 19 heavy (non-hydrogen) atoms. The maximum atomic E-state index is 12.5. The van der Waals surface area contributed by atoms with Crippen molar-refractivity contribution in [1.29, 1.82) is 0 Å². The molecule has 2 aliphatic heterocycles. The van der Waals surface area contributed by atoms with Gasteiger partial charge in [0.05, 0.1) is 13.1 Å². The Morgan fingerprint density at radius 1 is 1.32 bits per heavy atom. The van der Waals surface area contributed by atoms with Crippen molar-refractivity contribution in [2.45, 2.75) is 24.4 Å². The van der Waals surface area contributed by atoms with Gasteiger partial charge in [-0.2, -0.15) is 0 Å². The second kappa shape index (κ2) is 3.73. The van der Waals surface area contributed by atoms with E-state index in [1.165, 1.54) is 0 Å². The molecule has 0 aromatic heterocycles. The molecule has 4 rings (SSSR count). The summed E-state index contributed by atoms with van der Waals surface area (Å²) in [7, 11) is 0. The molecular formula is C15H17NO3. The van der Waals surface area contributed by atoms with Crippen LogP contribution in [0.1, 0.15) is 24.3 Å². The monoisotopic (exact) mass is 259 g/mol. The van der Waals surface area contributed by atoms with Gasteiger partial charge in [-0.05, 0) is 24.8 Å². The molecule has 1 amide bonds. The lowest BCUT2D eigenvalue weighted by atomic mass is 9.87. The van der Waals surface area contributed by atoms with Gasteiger partial charge in [0.1, 0.15) is 23.9 Å². The van der Waals surface area contributed by atoms with Crippen molar-refractivity contribution in [2.75, 3.05) is 19.7 Å². The van der Waals surface area contributed by atoms with Crippen LogP contribution in [0.4, 0.5) is 0 Å². The Morgan fingerprint density at radius 2 is 2.05 bits per heavy atom. The van der Waals surface area contributed by atoms with Crippen LogP contribution in [-0.4, -0.2) is 41.2 Å². The molecule has 4 nitrogen and oxygen atoms in total. The largest absolute Gasteiger partial charge is 0.492 e. The Kier molecular flexibility index (Phi) is 2.22. The number of fused-ring (bicyclic) bond motifs is 1. The number of β-amino-alcohol motifs (C(OH)–C–C–N with tert-alkyl or cyclic N) is 1. The van der Waals surface area contributed by atoms with E-state index in [4.69, 9.17) is 4.74 Å². The smallest absolute Gasteiger partial charge is 0.233 e. The number of carbonyl (C=O) groups is 1. The number of para-hydroxylation sites is 1. The van der Waals surface area contributed by atoms with Crippen LogP contribution >= 0.6 is 0 Å². The Hall–Kier alpha value is -1.55. The molecule has 0 spiro atoms. The topological polar surface area (TPSA) is 49.8 Å². The fourth-order valence-corrected chi connectivity index (χ4v) is 3.24. The zero-order valence-electron chi connectivity index (χ0n) is 10.7. The number of aliphatic hydroxyl groups is 1. The number of nitrogens with zero attached hydrogens (tertiary/aromatic N) is 1. The van der Waals surface area contributed by atoms with Crippen LogP contribution in [0.2, 0.25) is 0 Å². The van der Waals surface area contributed by atoms with Gasteiger partial charge < -0.3 is 14.7 Å². The summed E-state index contributed by atoms with van der Waals surface area (Å²) in [5.74, 6) is 1.14. The number of amides is 1. The molecule has 3 aliphatic rings. The number of hydrogen-bond donors (Lipinski definition) is 1. The van der Waals surface area contributed by atoms with Gasteiger partial charge in [0.15, 0.2) is 0 Å². The summed E-state index contributed by atoms with van der Waals surface area (Å²) >= 11 is 0. The maximum absolute atomic E-state index is 12.5. The maximum Gasteiger partial charge on any atom is 0.233 e. The van der Waals surface area contributed by atoms with Crippen molar-refractivity contribution in [3.8, 4) is 5.75 Å². The molecule has 0 radical (unpaired) electrons. The average Bonchev–Trinajstić information content (AvgIpc) is 3.14. The van der Waals surface area contributed by atoms with Gasteiger partial charge in [-0.15, -0.1) is 0 Å². The third-order valence-electron chi connectivity index (χ3n) is 4.58. The third-order valence-corrected chi connectivity index (χ3v) is 4.58. The Morgan fingerprint density at radius 3 is 2.79 bits per heavy atom. The van der Waals surface area contributed by atoms with Gasteiger partial charge in [0.25, 0.3) is 0 Å². The van der Waals surface area contributed by atoms with Crippen LogP contribution in [0.3, 0.4) is 0 Å². The van der Waals surface area contributed by atoms with Gasteiger partial charge in [0, 0.05) is 5.56 Å². The Bertz CT molecular complexity index is 532. The highest BCUT2D eigenvalue weighted by Crippen LogP contribution is 2.45. The zero-order valence-corrected chi connectivity index (χ0v) is 10.7. The second-order valence-corrected chi connectivity index (χ2v) is 5.97. The fraction of sp³-hybridized carbons (Fsp3) is 0.533. The molecule has 2 heterocycles. The SMILES string of the molecule is O=C(C1COc2ccccc21)N1CC(O)(C2CC2)C1. The van der Waals surface area contributed by atoms with E-state index < -0.39 is 5.60 Å². The number of benzene rings is 1. The van der Waals surface area contributed by atoms with Gasteiger partial charge in [-0.25, -0.2) is 0 Å². The molecular weight excluding hydrogens is 242 g/mol. The van der Waals surface area contributed by atoms with E-state index in [1.807, 2.05) is 24.3 Å². The van der Waals surface area contributed by atoms with Crippen LogP contribution in [0, 0.1) is 5.92 Å². The van der Waals surface area contributed by atoms with Crippen LogP contribution < -0.4 is 4.74 Å². The Labute approximate surface area is 112 Å². The van der Waals surface area contributed by atoms with Crippen molar-refractivity contribution in [3.05, 3.63) is 29.8 Å². The molecule has 1 N–H and O–H groups in total. The molecule has 1 aromatic rings. The summed E-state index contributed by atoms with van der Waals surface area (Å²) in [4.78, 5) is 14.2.